The average molecular weight is 303 g/mol. The van der Waals surface area contributed by atoms with Crippen LogP contribution in [0.2, 0.25) is 0 Å². The molecular formula is C16H21N3O3. The number of ether oxygens (including phenoxy) is 2. The molecule has 1 unspecified atom stereocenters. The van der Waals surface area contributed by atoms with Crippen LogP contribution in [-0.4, -0.2) is 35.4 Å². The molecule has 22 heavy (non-hydrogen) atoms. The highest BCUT2D eigenvalue weighted by atomic mass is 16.5. The molecule has 1 aromatic heterocycles. The highest BCUT2D eigenvalue weighted by molar-refractivity contribution is 5.95. The van der Waals surface area contributed by atoms with Gasteiger partial charge in [0.05, 0.1) is 20.3 Å². The van der Waals surface area contributed by atoms with Crippen molar-refractivity contribution in [1.82, 2.24) is 15.1 Å². The lowest BCUT2D eigenvalue weighted by Gasteiger charge is -2.15. The zero-order valence-electron chi connectivity index (χ0n) is 13.1. The fourth-order valence-electron chi connectivity index (χ4n) is 2.13. The summed E-state index contributed by atoms with van der Waals surface area (Å²) in [5.74, 6) is 1.03. The molecule has 0 spiro atoms. The number of hydrogen-bond donors (Lipinski definition) is 1. The third-order valence-electron chi connectivity index (χ3n) is 3.12. The van der Waals surface area contributed by atoms with Crippen LogP contribution >= 0.6 is 0 Å². The van der Waals surface area contributed by atoms with Crippen molar-refractivity contribution in [2.45, 2.75) is 26.4 Å². The van der Waals surface area contributed by atoms with Gasteiger partial charge in [0.15, 0.2) is 11.5 Å². The lowest BCUT2D eigenvalue weighted by atomic mass is 10.1. The van der Waals surface area contributed by atoms with E-state index in [1.54, 1.807) is 36.2 Å². The van der Waals surface area contributed by atoms with Crippen molar-refractivity contribution in [3.63, 3.8) is 0 Å². The van der Waals surface area contributed by atoms with Gasteiger partial charge in [0.2, 0.25) is 0 Å². The van der Waals surface area contributed by atoms with Crippen LogP contribution in [0.5, 0.6) is 11.5 Å². The Bertz CT molecular complexity index is 611. The number of carbonyl (C=O) groups is 1. The Morgan fingerprint density at radius 3 is 2.86 bits per heavy atom. The molecule has 2 aromatic rings. The molecule has 1 aromatic carbocycles. The molecule has 6 nitrogen and oxygen atoms in total. The summed E-state index contributed by atoms with van der Waals surface area (Å²) in [6, 6.07) is 6.96. The number of carbonyl (C=O) groups excluding carboxylic acids is 1. The zero-order valence-corrected chi connectivity index (χ0v) is 13.1. The third-order valence-corrected chi connectivity index (χ3v) is 3.12. The Morgan fingerprint density at radius 2 is 2.23 bits per heavy atom. The van der Waals surface area contributed by atoms with Crippen LogP contribution in [0.1, 0.15) is 24.2 Å². The van der Waals surface area contributed by atoms with Crippen LogP contribution in [0.3, 0.4) is 0 Å². The first-order chi connectivity index (χ1) is 10.6. The fraction of sp³-hybridized carbons (Fsp3) is 0.375. The second-order valence-electron chi connectivity index (χ2n) is 4.90. The van der Waals surface area contributed by atoms with Gasteiger partial charge in [-0.2, -0.15) is 5.10 Å². The molecule has 1 atom stereocenters. The van der Waals surface area contributed by atoms with Gasteiger partial charge in [0.25, 0.3) is 5.91 Å². The molecule has 0 radical (unpaired) electrons. The number of amides is 1. The summed E-state index contributed by atoms with van der Waals surface area (Å²) in [7, 11) is 1.57. The van der Waals surface area contributed by atoms with E-state index in [1.165, 1.54) is 0 Å². The molecule has 2 rings (SSSR count). The van der Waals surface area contributed by atoms with Crippen LogP contribution in [0, 0.1) is 0 Å². The number of methoxy groups -OCH3 is 1. The van der Waals surface area contributed by atoms with E-state index in [9.17, 15) is 4.79 Å². The maximum Gasteiger partial charge on any atom is 0.251 e. The predicted octanol–water partition coefficient (Wildman–Crippen LogP) is 2.11. The highest BCUT2D eigenvalue weighted by Gasteiger charge is 2.13. The van der Waals surface area contributed by atoms with E-state index in [-0.39, 0.29) is 11.9 Å². The molecule has 0 saturated heterocycles. The van der Waals surface area contributed by atoms with E-state index in [0.29, 0.717) is 30.2 Å². The first-order valence-corrected chi connectivity index (χ1v) is 7.23. The Morgan fingerprint density at radius 1 is 1.41 bits per heavy atom. The number of rotatable bonds is 7. The lowest BCUT2D eigenvalue weighted by Crippen LogP contribution is -2.35. The minimum atomic E-state index is -0.150. The summed E-state index contributed by atoms with van der Waals surface area (Å²) in [6.45, 7) is 4.95. The van der Waals surface area contributed by atoms with Crippen molar-refractivity contribution in [2.75, 3.05) is 13.7 Å². The summed E-state index contributed by atoms with van der Waals surface area (Å²) in [5.41, 5.74) is 0.538. The molecule has 0 aliphatic rings. The molecule has 1 amide bonds. The van der Waals surface area contributed by atoms with E-state index in [0.717, 1.165) is 0 Å². The van der Waals surface area contributed by atoms with Crippen molar-refractivity contribution in [2.24, 2.45) is 0 Å². The second kappa shape index (κ2) is 7.49. The fourth-order valence-corrected chi connectivity index (χ4v) is 2.13. The van der Waals surface area contributed by atoms with Crippen molar-refractivity contribution in [3.05, 3.63) is 42.2 Å². The van der Waals surface area contributed by atoms with Gasteiger partial charge < -0.3 is 14.8 Å². The van der Waals surface area contributed by atoms with Gasteiger partial charge >= 0.3 is 0 Å². The van der Waals surface area contributed by atoms with Gasteiger partial charge in [-0.05, 0) is 38.1 Å². The Labute approximate surface area is 130 Å². The topological polar surface area (TPSA) is 65.4 Å². The van der Waals surface area contributed by atoms with Crippen molar-refractivity contribution in [3.8, 4) is 11.5 Å². The summed E-state index contributed by atoms with van der Waals surface area (Å²) < 4.78 is 12.5. The van der Waals surface area contributed by atoms with Crippen LogP contribution < -0.4 is 14.8 Å². The SMILES string of the molecule is CCOc1cc(C(=O)NC(C)Cn2cccn2)ccc1OC. The molecule has 0 fully saturated rings. The van der Waals surface area contributed by atoms with E-state index in [1.807, 2.05) is 26.1 Å². The summed E-state index contributed by atoms with van der Waals surface area (Å²) in [6.07, 6.45) is 3.58. The van der Waals surface area contributed by atoms with E-state index < -0.39 is 0 Å². The third kappa shape index (κ3) is 4.00. The molecule has 1 heterocycles. The quantitative estimate of drug-likeness (QED) is 0.851. The van der Waals surface area contributed by atoms with E-state index >= 15 is 0 Å². The highest BCUT2D eigenvalue weighted by Crippen LogP contribution is 2.28. The molecule has 0 bridgehead atoms. The summed E-state index contributed by atoms with van der Waals surface area (Å²) in [4.78, 5) is 12.3. The zero-order chi connectivity index (χ0) is 15.9. The molecule has 118 valence electrons. The largest absolute Gasteiger partial charge is 0.493 e. The summed E-state index contributed by atoms with van der Waals surface area (Å²) in [5, 5.41) is 7.07. The minimum Gasteiger partial charge on any atom is -0.493 e. The molecule has 0 aliphatic heterocycles. The molecular weight excluding hydrogens is 282 g/mol. The predicted molar refractivity (Wildman–Crippen MR) is 83.3 cm³/mol. The summed E-state index contributed by atoms with van der Waals surface area (Å²) >= 11 is 0. The number of nitrogens with one attached hydrogen (secondary N) is 1. The van der Waals surface area contributed by atoms with Gasteiger partial charge in [-0.1, -0.05) is 0 Å². The van der Waals surface area contributed by atoms with Crippen molar-refractivity contribution >= 4 is 5.91 Å². The molecule has 1 N–H and O–H groups in total. The Kier molecular flexibility index (Phi) is 5.41. The number of aromatic nitrogens is 2. The first kappa shape index (κ1) is 15.9. The van der Waals surface area contributed by atoms with Gasteiger partial charge in [-0.3, -0.25) is 9.48 Å². The number of nitrogens with zero attached hydrogens (tertiary/aromatic N) is 2. The maximum absolute atomic E-state index is 12.3. The number of benzene rings is 1. The molecule has 0 saturated carbocycles. The number of hydrogen-bond acceptors (Lipinski definition) is 4. The van der Waals surface area contributed by atoms with Gasteiger partial charge in [-0.15, -0.1) is 0 Å². The van der Waals surface area contributed by atoms with Gasteiger partial charge in [-0.25, -0.2) is 0 Å². The maximum atomic E-state index is 12.3. The van der Waals surface area contributed by atoms with Crippen molar-refractivity contribution in [1.29, 1.82) is 0 Å². The van der Waals surface area contributed by atoms with Crippen LogP contribution in [0.15, 0.2) is 36.7 Å². The van der Waals surface area contributed by atoms with Crippen LogP contribution in [-0.2, 0) is 6.54 Å². The molecule has 6 heteroatoms. The van der Waals surface area contributed by atoms with Crippen LogP contribution in [0.4, 0.5) is 0 Å². The minimum absolute atomic E-state index is 0.0370. The second-order valence-corrected chi connectivity index (χ2v) is 4.90. The van der Waals surface area contributed by atoms with E-state index in [4.69, 9.17) is 9.47 Å². The average Bonchev–Trinajstić information content (AvgIpc) is 3.00. The Hall–Kier alpha value is -2.50. The Balaban J connectivity index is 2.03. The van der Waals surface area contributed by atoms with Crippen molar-refractivity contribution < 1.29 is 14.3 Å². The monoisotopic (exact) mass is 303 g/mol. The van der Waals surface area contributed by atoms with Crippen LogP contribution in [0.25, 0.3) is 0 Å². The van der Waals surface area contributed by atoms with Gasteiger partial charge in [0, 0.05) is 24.0 Å². The molecule has 0 aliphatic carbocycles. The smallest absolute Gasteiger partial charge is 0.251 e. The van der Waals surface area contributed by atoms with E-state index in [2.05, 4.69) is 10.4 Å². The van der Waals surface area contributed by atoms with Gasteiger partial charge in [0.1, 0.15) is 0 Å². The first-order valence-electron chi connectivity index (χ1n) is 7.23. The lowest BCUT2D eigenvalue weighted by molar-refractivity contribution is 0.0935. The normalized spacial score (nSPS) is 11.8. The standard InChI is InChI=1S/C16H21N3O3/c1-4-22-15-10-13(6-7-14(15)21-3)16(20)18-12(2)11-19-9-5-8-17-19/h5-10,12H,4,11H2,1-3H3,(H,18,20).